The van der Waals surface area contributed by atoms with E-state index in [2.05, 4.69) is 26.1 Å². The second-order valence-corrected chi connectivity index (χ2v) is 4.96. The molecule has 1 fully saturated rings. The third kappa shape index (κ3) is 2.26. The second-order valence-electron chi connectivity index (χ2n) is 3.74. The molecule has 0 bridgehead atoms. The van der Waals surface area contributed by atoms with Gasteiger partial charge in [0.1, 0.15) is 0 Å². The van der Waals surface area contributed by atoms with Crippen LogP contribution < -0.4 is 0 Å². The van der Waals surface area contributed by atoms with Gasteiger partial charge in [0.25, 0.3) is 0 Å². The van der Waals surface area contributed by atoms with E-state index in [1.165, 1.54) is 32.1 Å². The first-order chi connectivity index (χ1) is 6.77. The Morgan fingerprint density at radius 3 is 2.57 bits per heavy atom. The maximum atomic E-state index is 5.80. The van der Waals surface area contributed by atoms with Gasteiger partial charge in [0.05, 0.1) is 10.2 Å². The molecular formula is C10H12BrClN2. The van der Waals surface area contributed by atoms with Crippen molar-refractivity contribution in [3.63, 3.8) is 0 Å². The molecule has 14 heavy (non-hydrogen) atoms. The van der Waals surface area contributed by atoms with Crippen molar-refractivity contribution in [2.24, 2.45) is 0 Å². The lowest BCUT2D eigenvalue weighted by atomic mass is 9.87. The molecule has 1 aliphatic carbocycles. The first-order valence-electron chi connectivity index (χ1n) is 4.96. The second kappa shape index (κ2) is 4.58. The van der Waals surface area contributed by atoms with Crippen LogP contribution in [0.3, 0.4) is 0 Å². The number of aromatic nitrogens is 2. The average molecular weight is 276 g/mol. The van der Waals surface area contributed by atoms with E-state index < -0.39 is 0 Å². The van der Waals surface area contributed by atoms with Crippen LogP contribution >= 0.6 is 27.5 Å². The summed E-state index contributed by atoms with van der Waals surface area (Å²) in [5.41, 5.74) is 1.08. The Hall–Kier alpha value is -0.150. The van der Waals surface area contributed by atoms with Crippen LogP contribution in [0.2, 0.25) is 5.15 Å². The Kier molecular flexibility index (Phi) is 3.39. The maximum Gasteiger partial charge on any atom is 0.165 e. The summed E-state index contributed by atoms with van der Waals surface area (Å²) in [5.74, 6) is 0.588. The molecule has 0 atom stereocenters. The van der Waals surface area contributed by atoms with E-state index in [1.807, 2.05) is 6.07 Å². The number of halogens is 2. The smallest absolute Gasteiger partial charge is 0.154 e. The zero-order valence-electron chi connectivity index (χ0n) is 7.84. The van der Waals surface area contributed by atoms with Gasteiger partial charge in [-0.2, -0.15) is 5.10 Å². The lowest BCUT2D eigenvalue weighted by molar-refractivity contribution is 0.434. The predicted octanol–water partition coefficient (Wildman–Crippen LogP) is 3.94. The molecule has 0 amide bonds. The van der Waals surface area contributed by atoms with Crippen LogP contribution in [0, 0.1) is 0 Å². The van der Waals surface area contributed by atoms with Crippen molar-refractivity contribution >= 4 is 27.5 Å². The first-order valence-corrected chi connectivity index (χ1v) is 6.13. The highest BCUT2D eigenvalue weighted by Crippen LogP contribution is 2.33. The van der Waals surface area contributed by atoms with Crippen LogP contribution in [0.25, 0.3) is 0 Å². The molecule has 2 nitrogen and oxygen atoms in total. The summed E-state index contributed by atoms with van der Waals surface area (Å²) in [6.07, 6.45) is 6.46. The van der Waals surface area contributed by atoms with Crippen LogP contribution in [-0.2, 0) is 0 Å². The van der Waals surface area contributed by atoms with Gasteiger partial charge in [-0.3, -0.25) is 0 Å². The Morgan fingerprint density at radius 2 is 1.93 bits per heavy atom. The fraction of sp³-hybridized carbons (Fsp3) is 0.600. The molecule has 1 aromatic heterocycles. The topological polar surface area (TPSA) is 25.8 Å². The minimum atomic E-state index is 0.449. The zero-order valence-corrected chi connectivity index (χ0v) is 10.2. The van der Waals surface area contributed by atoms with E-state index >= 15 is 0 Å². The van der Waals surface area contributed by atoms with Crippen molar-refractivity contribution in [1.29, 1.82) is 0 Å². The molecule has 0 aliphatic heterocycles. The molecule has 1 saturated carbocycles. The number of nitrogens with zero attached hydrogens (tertiary/aromatic N) is 2. The highest BCUT2D eigenvalue weighted by atomic mass is 79.9. The minimum Gasteiger partial charge on any atom is -0.154 e. The summed E-state index contributed by atoms with van der Waals surface area (Å²) in [7, 11) is 0. The molecule has 0 radical (unpaired) electrons. The van der Waals surface area contributed by atoms with Crippen LogP contribution in [0.1, 0.15) is 43.7 Å². The van der Waals surface area contributed by atoms with E-state index in [9.17, 15) is 0 Å². The molecule has 1 aliphatic rings. The van der Waals surface area contributed by atoms with Gasteiger partial charge in [-0.15, -0.1) is 5.10 Å². The molecule has 0 unspecified atom stereocenters. The van der Waals surface area contributed by atoms with E-state index in [0.29, 0.717) is 11.1 Å². The summed E-state index contributed by atoms with van der Waals surface area (Å²) >= 11 is 9.18. The number of hydrogen-bond acceptors (Lipinski definition) is 2. The van der Waals surface area contributed by atoms with E-state index in [-0.39, 0.29) is 0 Å². The SMILES string of the molecule is Clc1nnc(C2CCCCC2)cc1Br. The largest absolute Gasteiger partial charge is 0.165 e. The lowest BCUT2D eigenvalue weighted by Gasteiger charge is -2.20. The van der Waals surface area contributed by atoms with Crippen molar-refractivity contribution in [2.75, 3.05) is 0 Å². The Morgan fingerprint density at radius 1 is 1.21 bits per heavy atom. The Bertz CT molecular complexity index is 324. The third-order valence-corrected chi connectivity index (χ3v) is 3.86. The van der Waals surface area contributed by atoms with Gasteiger partial charge in [0, 0.05) is 5.92 Å². The normalized spacial score (nSPS) is 18.4. The quantitative estimate of drug-likeness (QED) is 0.776. The first kappa shape index (κ1) is 10.4. The molecule has 0 spiro atoms. The van der Waals surface area contributed by atoms with Gasteiger partial charge in [-0.25, -0.2) is 0 Å². The lowest BCUT2D eigenvalue weighted by Crippen LogP contribution is -2.07. The van der Waals surface area contributed by atoms with Crippen molar-refractivity contribution in [2.45, 2.75) is 38.0 Å². The maximum absolute atomic E-state index is 5.80. The van der Waals surface area contributed by atoms with Crippen molar-refractivity contribution < 1.29 is 0 Å². The highest BCUT2D eigenvalue weighted by Gasteiger charge is 2.17. The summed E-state index contributed by atoms with van der Waals surface area (Å²) in [6.45, 7) is 0. The van der Waals surface area contributed by atoms with Gasteiger partial charge in [0.2, 0.25) is 0 Å². The fourth-order valence-corrected chi connectivity index (χ4v) is 2.37. The standard InChI is InChI=1S/C10H12BrClN2/c11-8-6-9(13-14-10(8)12)7-4-2-1-3-5-7/h6-7H,1-5H2. The average Bonchev–Trinajstić information content (AvgIpc) is 2.23. The van der Waals surface area contributed by atoms with Gasteiger partial charge in [-0.05, 0) is 34.8 Å². The molecule has 76 valence electrons. The van der Waals surface area contributed by atoms with E-state index in [4.69, 9.17) is 11.6 Å². The van der Waals surface area contributed by atoms with Crippen LogP contribution in [-0.4, -0.2) is 10.2 Å². The molecule has 0 saturated heterocycles. The molecule has 1 heterocycles. The summed E-state index contributed by atoms with van der Waals surface area (Å²) < 4.78 is 0.856. The number of hydrogen-bond donors (Lipinski definition) is 0. The van der Waals surface area contributed by atoms with Crippen LogP contribution in [0.4, 0.5) is 0 Å². The van der Waals surface area contributed by atoms with Crippen LogP contribution in [0.5, 0.6) is 0 Å². The zero-order chi connectivity index (χ0) is 9.97. The molecular weight excluding hydrogens is 263 g/mol. The summed E-state index contributed by atoms with van der Waals surface area (Å²) in [4.78, 5) is 0. The predicted molar refractivity (Wildman–Crippen MR) is 60.6 cm³/mol. The third-order valence-electron chi connectivity index (χ3n) is 2.75. The number of rotatable bonds is 1. The van der Waals surface area contributed by atoms with Crippen molar-refractivity contribution in [1.82, 2.24) is 10.2 Å². The molecule has 2 rings (SSSR count). The monoisotopic (exact) mass is 274 g/mol. The molecule has 0 aromatic carbocycles. The van der Waals surface area contributed by atoms with E-state index in [1.54, 1.807) is 0 Å². The fourth-order valence-electron chi connectivity index (χ4n) is 1.97. The van der Waals surface area contributed by atoms with E-state index in [0.717, 1.165) is 10.2 Å². The van der Waals surface area contributed by atoms with Gasteiger partial charge in [0.15, 0.2) is 5.15 Å². The summed E-state index contributed by atoms with van der Waals surface area (Å²) in [5, 5.41) is 8.52. The molecule has 1 aromatic rings. The van der Waals surface area contributed by atoms with Gasteiger partial charge in [-0.1, -0.05) is 30.9 Å². The Balaban J connectivity index is 2.18. The summed E-state index contributed by atoms with van der Waals surface area (Å²) in [6, 6.07) is 2.01. The molecule has 4 heteroatoms. The van der Waals surface area contributed by atoms with Crippen molar-refractivity contribution in [3.05, 3.63) is 21.4 Å². The van der Waals surface area contributed by atoms with Gasteiger partial charge >= 0.3 is 0 Å². The molecule has 0 N–H and O–H groups in total. The highest BCUT2D eigenvalue weighted by molar-refractivity contribution is 9.10. The Labute approximate surface area is 97.2 Å². The van der Waals surface area contributed by atoms with Crippen LogP contribution in [0.15, 0.2) is 10.5 Å². The van der Waals surface area contributed by atoms with Gasteiger partial charge < -0.3 is 0 Å². The minimum absolute atomic E-state index is 0.449. The van der Waals surface area contributed by atoms with Crippen molar-refractivity contribution in [3.8, 4) is 0 Å².